The van der Waals surface area contributed by atoms with E-state index in [4.69, 9.17) is 4.74 Å². The minimum Gasteiger partial charge on any atom is -0.496 e. The van der Waals surface area contributed by atoms with Crippen LogP contribution in [0.5, 0.6) is 0 Å². The highest BCUT2D eigenvalue weighted by molar-refractivity contribution is 7.16. The lowest BCUT2D eigenvalue weighted by atomic mass is 10.1. The molecule has 0 bridgehead atoms. The van der Waals surface area contributed by atoms with E-state index in [-0.39, 0.29) is 5.91 Å². The number of nitrogens with one attached hydrogen (secondary N) is 2. The SMILES string of the molecule is O=C1NCNc2sc3c(c21)C=COC3. The Kier molecular flexibility index (Phi) is 1.55. The fraction of sp³-hybridized carbons (Fsp3) is 0.222. The van der Waals surface area contributed by atoms with Crippen molar-refractivity contribution < 1.29 is 9.53 Å². The first-order valence-corrected chi connectivity index (χ1v) is 5.14. The Labute approximate surface area is 84.6 Å². The molecule has 0 radical (unpaired) electrons. The summed E-state index contributed by atoms with van der Waals surface area (Å²) in [5.74, 6) is 0.00259. The highest BCUT2D eigenvalue weighted by atomic mass is 32.1. The van der Waals surface area contributed by atoms with E-state index in [2.05, 4.69) is 10.6 Å². The summed E-state index contributed by atoms with van der Waals surface area (Å²) >= 11 is 1.59. The minimum atomic E-state index is 0.00259. The molecule has 4 nitrogen and oxygen atoms in total. The van der Waals surface area contributed by atoms with Gasteiger partial charge in [0.1, 0.15) is 11.6 Å². The second kappa shape index (κ2) is 2.75. The number of carbonyl (C=O) groups is 1. The minimum absolute atomic E-state index is 0.00259. The Balaban J connectivity index is 2.23. The number of thiophene rings is 1. The van der Waals surface area contributed by atoms with Gasteiger partial charge in [-0.15, -0.1) is 11.3 Å². The zero-order valence-corrected chi connectivity index (χ0v) is 8.11. The lowest BCUT2D eigenvalue weighted by molar-refractivity contribution is 0.0953. The van der Waals surface area contributed by atoms with Crippen molar-refractivity contribution >= 4 is 28.3 Å². The summed E-state index contributed by atoms with van der Waals surface area (Å²) in [6.45, 7) is 1.08. The van der Waals surface area contributed by atoms with Gasteiger partial charge in [-0.2, -0.15) is 0 Å². The van der Waals surface area contributed by atoms with Crippen LogP contribution in [0.1, 0.15) is 20.8 Å². The Morgan fingerprint density at radius 2 is 2.36 bits per heavy atom. The molecular weight excluding hydrogens is 200 g/mol. The Bertz CT molecular complexity index is 436. The lowest BCUT2D eigenvalue weighted by Crippen LogP contribution is -2.34. The molecule has 1 amide bonds. The fourth-order valence-electron chi connectivity index (χ4n) is 1.66. The van der Waals surface area contributed by atoms with Gasteiger partial charge in [-0.1, -0.05) is 0 Å². The molecule has 2 N–H and O–H groups in total. The number of rotatable bonds is 0. The smallest absolute Gasteiger partial charge is 0.256 e. The second-order valence-corrected chi connectivity index (χ2v) is 4.22. The quantitative estimate of drug-likeness (QED) is 0.677. The van der Waals surface area contributed by atoms with E-state index < -0.39 is 0 Å². The number of carbonyl (C=O) groups excluding carboxylic acids is 1. The zero-order chi connectivity index (χ0) is 9.54. The summed E-state index contributed by atoms with van der Waals surface area (Å²) in [5, 5.41) is 6.86. The molecule has 0 unspecified atom stereocenters. The van der Waals surface area contributed by atoms with Crippen molar-refractivity contribution in [3.8, 4) is 0 Å². The van der Waals surface area contributed by atoms with Gasteiger partial charge in [0.2, 0.25) is 0 Å². The van der Waals surface area contributed by atoms with E-state index in [0.29, 0.717) is 13.3 Å². The molecule has 3 rings (SSSR count). The number of fused-ring (bicyclic) bond motifs is 3. The first-order chi connectivity index (χ1) is 6.86. The highest BCUT2D eigenvalue weighted by Crippen LogP contribution is 2.37. The molecule has 14 heavy (non-hydrogen) atoms. The predicted molar refractivity (Wildman–Crippen MR) is 54.1 cm³/mol. The average Bonchev–Trinajstić information content (AvgIpc) is 2.57. The van der Waals surface area contributed by atoms with Crippen molar-refractivity contribution in [3.63, 3.8) is 0 Å². The Morgan fingerprint density at radius 3 is 3.29 bits per heavy atom. The van der Waals surface area contributed by atoms with Crippen LogP contribution in [0.2, 0.25) is 0 Å². The first kappa shape index (κ1) is 7.87. The highest BCUT2D eigenvalue weighted by Gasteiger charge is 2.26. The van der Waals surface area contributed by atoms with E-state index in [9.17, 15) is 4.79 Å². The third-order valence-corrected chi connectivity index (χ3v) is 3.43. The molecule has 0 fully saturated rings. The third-order valence-electron chi connectivity index (χ3n) is 2.29. The van der Waals surface area contributed by atoms with Crippen LogP contribution in [0.4, 0.5) is 5.00 Å². The number of ether oxygens (including phenoxy) is 1. The number of hydrogen-bond donors (Lipinski definition) is 2. The predicted octanol–water partition coefficient (Wildman–Crippen LogP) is 1.36. The second-order valence-electron chi connectivity index (χ2n) is 3.12. The third kappa shape index (κ3) is 0.957. The molecule has 0 aliphatic carbocycles. The standard InChI is InChI=1S/C9H8N2O2S/c12-8-7-5-1-2-13-3-6(5)14-9(7)11-4-10-8/h1-2,11H,3-4H2,(H,10,12). The van der Waals surface area contributed by atoms with Crippen molar-refractivity contribution in [2.75, 3.05) is 12.0 Å². The molecule has 5 heteroatoms. The van der Waals surface area contributed by atoms with Crippen LogP contribution in [-0.4, -0.2) is 12.6 Å². The molecule has 0 spiro atoms. The lowest BCUT2D eigenvalue weighted by Gasteiger charge is -2.15. The topological polar surface area (TPSA) is 50.4 Å². The summed E-state index contributed by atoms with van der Waals surface area (Å²) < 4.78 is 5.18. The Hall–Kier alpha value is -1.49. The molecule has 2 aliphatic rings. The van der Waals surface area contributed by atoms with E-state index >= 15 is 0 Å². The van der Waals surface area contributed by atoms with Gasteiger partial charge in [-0.3, -0.25) is 4.79 Å². The van der Waals surface area contributed by atoms with Gasteiger partial charge in [0.25, 0.3) is 5.91 Å². The zero-order valence-electron chi connectivity index (χ0n) is 7.29. The molecule has 72 valence electrons. The fourth-order valence-corrected chi connectivity index (χ4v) is 2.76. The van der Waals surface area contributed by atoms with Crippen molar-refractivity contribution in [3.05, 3.63) is 22.3 Å². The van der Waals surface area contributed by atoms with Gasteiger partial charge >= 0.3 is 0 Å². The van der Waals surface area contributed by atoms with Gasteiger partial charge in [0.15, 0.2) is 0 Å². The summed E-state index contributed by atoms with van der Waals surface area (Å²) in [5.41, 5.74) is 1.76. The number of anilines is 1. The first-order valence-electron chi connectivity index (χ1n) is 4.32. The maximum absolute atomic E-state index is 11.6. The van der Waals surface area contributed by atoms with Gasteiger partial charge in [-0.25, -0.2) is 0 Å². The van der Waals surface area contributed by atoms with Gasteiger partial charge in [0.05, 0.1) is 23.4 Å². The normalized spacial score (nSPS) is 17.6. The average molecular weight is 208 g/mol. The summed E-state index contributed by atoms with van der Waals surface area (Å²) in [6, 6.07) is 0. The van der Waals surface area contributed by atoms with E-state index in [1.54, 1.807) is 17.6 Å². The van der Waals surface area contributed by atoms with Crippen LogP contribution in [-0.2, 0) is 11.3 Å². The van der Waals surface area contributed by atoms with Crippen LogP contribution in [0.25, 0.3) is 6.08 Å². The van der Waals surface area contributed by atoms with Crippen LogP contribution in [0.15, 0.2) is 6.26 Å². The molecule has 0 saturated carbocycles. The van der Waals surface area contributed by atoms with Gasteiger partial charge < -0.3 is 15.4 Å². The molecule has 0 aromatic carbocycles. The van der Waals surface area contributed by atoms with Crippen LogP contribution < -0.4 is 10.6 Å². The van der Waals surface area contributed by atoms with Crippen molar-refractivity contribution in [2.45, 2.75) is 6.61 Å². The largest absolute Gasteiger partial charge is 0.496 e. The summed E-state index contributed by atoms with van der Waals surface area (Å²) in [7, 11) is 0. The van der Waals surface area contributed by atoms with Crippen LogP contribution in [0, 0.1) is 0 Å². The monoisotopic (exact) mass is 208 g/mol. The maximum atomic E-state index is 11.6. The van der Waals surface area contributed by atoms with Crippen molar-refractivity contribution in [1.29, 1.82) is 0 Å². The summed E-state index contributed by atoms with van der Waals surface area (Å²) in [4.78, 5) is 12.7. The maximum Gasteiger partial charge on any atom is 0.256 e. The molecular formula is C9H8N2O2S. The Morgan fingerprint density at radius 1 is 1.43 bits per heavy atom. The molecule has 2 aliphatic heterocycles. The van der Waals surface area contributed by atoms with Gasteiger partial charge in [-0.05, 0) is 6.08 Å². The van der Waals surface area contributed by atoms with Crippen molar-refractivity contribution in [2.24, 2.45) is 0 Å². The van der Waals surface area contributed by atoms with E-state index in [0.717, 1.165) is 21.0 Å². The number of hydrogen-bond acceptors (Lipinski definition) is 4. The van der Waals surface area contributed by atoms with E-state index in [1.807, 2.05) is 6.08 Å². The molecule has 0 atom stereocenters. The van der Waals surface area contributed by atoms with Crippen molar-refractivity contribution in [1.82, 2.24) is 5.32 Å². The van der Waals surface area contributed by atoms with Crippen LogP contribution >= 0.6 is 11.3 Å². The molecule has 3 heterocycles. The van der Waals surface area contributed by atoms with E-state index in [1.165, 1.54) is 0 Å². The molecule has 0 saturated heterocycles. The number of amides is 1. The van der Waals surface area contributed by atoms with Crippen LogP contribution in [0.3, 0.4) is 0 Å². The molecule has 1 aromatic rings. The molecule has 1 aromatic heterocycles. The summed E-state index contributed by atoms with van der Waals surface area (Å²) in [6.07, 6.45) is 3.48. The van der Waals surface area contributed by atoms with Gasteiger partial charge in [0, 0.05) is 5.56 Å².